The van der Waals surface area contributed by atoms with E-state index in [2.05, 4.69) is 41.3 Å². The van der Waals surface area contributed by atoms with Crippen molar-refractivity contribution >= 4 is 6.21 Å². The van der Waals surface area contributed by atoms with Crippen LogP contribution in [0, 0.1) is 6.92 Å². The largest absolute Gasteiger partial charge is 0.493 e. The number of hydrogen-bond donors (Lipinski definition) is 1. The van der Waals surface area contributed by atoms with E-state index in [0.29, 0.717) is 17.2 Å². The molecule has 0 aliphatic carbocycles. The minimum Gasteiger partial charge on any atom is -0.493 e. The van der Waals surface area contributed by atoms with E-state index >= 15 is 0 Å². The van der Waals surface area contributed by atoms with Crippen molar-refractivity contribution in [1.82, 2.24) is 5.01 Å². The van der Waals surface area contributed by atoms with Crippen molar-refractivity contribution < 1.29 is 19.1 Å². The summed E-state index contributed by atoms with van der Waals surface area (Å²) in [5, 5.41) is 6.78. The summed E-state index contributed by atoms with van der Waals surface area (Å²) in [6.07, 6.45) is 1.86. The van der Waals surface area contributed by atoms with Crippen LogP contribution in [0.25, 0.3) is 0 Å². The summed E-state index contributed by atoms with van der Waals surface area (Å²) in [6, 6.07) is 12.7. The number of ether oxygens (including phenoxy) is 3. The van der Waals surface area contributed by atoms with E-state index in [0.717, 1.165) is 38.3 Å². The second-order valence-corrected chi connectivity index (χ2v) is 7.07. The Bertz CT molecular complexity index is 772. The highest BCUT2D eigenvalue weighted by Crippen LogP contribution is 2.37. The molecule has 3 rings (SSSR count). The molecule has 1 fully saturated rings. The fraction of sp³-hybridized carbons (Fsp3) is 0.409. The minimum atomic E-state index is 0.593. The van der Waals surface area contributed by atoms with E-state index in [1.54, 1.807) is 26.2 Å². The molecule has 6 nitrogen and oxygen atoms in total. The Hall–Kier alpha value is -2.73. The Balaban J connectivity index is 1.58. The number of hydrogen-bond acceptors (Lipinski definition) is 5. The molecule has 1 N–H and O–H groups in total. The lowest BCUT2D eigenvalue weighted by Crippen LogP contribution is -3.13. The summed E-state index contributed by atoms with van der Waals surface area (Å²) in [5.41, 5.74) is 3.63. The van der Waals surface area contributed by atoms with Crippen LogP contribution in [0.5, 0.6) is 17.2 Å². The van der Waals surface area contributed by atoms with E-state index in [-0.39, 0.29) is 0 Å². The van der Waals surface area contributed by atoms with Crippen molar-refractivity contribution in [3.05, 3.63) is 53.1 Å². The van der Waals surface area contributed by atoms with E-state index in [9.17, 15) is 0 Å². The van der Waals surface area contributed by atoms with E-state index < -0.39 is 0 Å². The predicted molar refractivity (Wildman–Crippen MR) is 111 cm³/mol. The molecule has 0 bridgehead atoms. The maximum absolute atomic E-state index is 5.41. The van der Waals surface area contributed by atoms with Crippen LogP contribution in [0.2, 0.25) is 0 Å². The van der Waals surface area contributed by atoms with Gasteiger partial charge in [-0.25, -0.2) is 0 Å². The lowest BCUT2D eigenvalue weighted by atomic mass is 10.1. The molecular weight excluding hydrogens is 354 g/mol. The van der Waals surface area contributed by atoms with E-state index in [1.165, 1.54) is 11.1 Å². The normalized spacial score (nSPS) is 15.1. The van der Waals surface area contributed by atoms with Crippen LogP contribution in [-0.2, 0) is 6.54 Å². The molecule has 6 heteroatoms. The van der Waals surface area contributed by atoms with Gasteiger partial charge in [-0.3, -0.25) is 5.01 Å². The molecule has 0 atom stereocenters. The Labute approximate surface area is 167 Å². The van der Waals surface area contributed by atoms with Gasteiger partial charge in [-0.05, 0) is 19.1 Å². The molecule has 0 amide bonds. The van der Waals surface area contributed by atoms with Crippen molar-refractivity contribution in [3.8, 4) is 17.2 Å². The second kappa shape index (κ2) is 9.46. The van der Waals surface area contributed by atoms with Gasteiger partial charge in [0.25, 0.3) is 0 Å². The first-order valence-corrected chi connectivity index (χ1v) is 9.61. The summed E-state index contributed by atoms with van der Waals surface area (Å²) >= 11 is 0. The highest BCUT2D eigenvalue weighted by atomic mass is 16.5. The summed E-state index contributed by atoms with van der Waals surface area (Å²) in [5.74, 6) is 1.86. The number of piperazine rings is 1. The molecular formula is C22H30N3O3+. The van der Waals surface area contributed by atoms with Gasteiger partial charge in [0.15, 0.2) is 11.5 Å². The zero-order valence-electron chi connectivity index (χ0n) is 17.2. The van der Waals surface area contributed by atoms with Crippen LogP contribution in [0.15, 0.2) is 41.5 Å². The van der Waals surface area contributed by atoms with Crippen LogP contribution >= 0.6 is 0 Å². The minimum absolute atomic E-state index is 0.593. The van der Waals surface area contributed by atoms with Crippen molar-refractivity contribution in [1.29, 1.82) is 0 Å². The zero-order chi connectivity index (χ0) is 19.9. The van der Waals surface area contributed by atoms with E-state index in [1.807, 2.05) is 18.3 Å². The quantitative estimate of drug-likeness (QED) is 0.739. The molecule has 0 saturated carbocycles. The average Bonchev–Trinajstić information content (AvgIpc) is 2.74. The standard InChI is InChI=1S/C22H29N3O3/c1-17-5-7-18(8-6-17)16-24-9-11-25(12-10-24)23-15-19-13-20(26-2)22(28-4)21(14-19)27-3/h5-8,13-15H,9-12,16H2,1-4H3/p+1. The zero-order valence-corrected chi connectivity index (χ0v) is 17.2. The van der Waals surface area contributed by atoms with Gasteiger partial charge in [-0.2, -0.15) is 5.10 Å². The van der Waals surface area contributed by atoms with Crippen LogP contribution in [0.3, 0.4) is 0 Å². The third-order valence-corrected chi connectivity index (χ3v) is 5.08. The second-order valence-electron chi connectivity index (χ2n) is 7.07. The summed E-state index contributed by atoms with van der Waals surface area (Å²) in [4.78, 5) is 1.60. The van der Waals surface area contributed by atoms with Gasteiger partial charge in [0, 0.05) is 11.1 Å². The highest BCUT2D eigenvalue weighted by molar-refractivity contribution is 5.82. The van der Waals surface area contributed by atoms with Crippen LogP contribution < -0.4 is 19.1 Å². The Morgan fingerprint density at radius 1 is 0.964 bits per heavy atom. The summed E-state index contributed by atoms with van der Waals surface area (Å²) in [7, 11) is 4.84. The molecule has 0 unspecified atom stereocenters. The van der Waals surface area contributed by atoms with Crippen LogP contribution in [0.4, 0.5) is 0 Å². The number of methoxy groups -OCH3 is 3. The Kier molecular flexibility index (Phi) is 6.76. The lowest BCUT2D eigenvalue weighted by molar-refractivity contribution is -0.918. The number of rotatable bonds is 7. The third kappa shape index (κ3) is 4.95. The van der Waals surface area contributed by atoms with Crippen LogP contribution in [-0.4, -0.2) is 58.7 Å². The molecule has 1 saturated heterocycles. The lowest BCUT2D eigenvalue weighted by Gasteiger charge is -2.30. The maximum Gasteiger partial charge on any atom is 0.203 e. The van der Waals surface area contributed by atoms with Gasteiger partial charge in [0.2, 0.25) is 5.75 Å². The van der Waals surface area contributed by atoms with Gasteiger partial charge in [0.1, 0.15) is 6.54 Å². The van der Waals surface area contributed by atoms with Gasteiger partial charge in [-0.15, -0.1) is 0 Å². The van der Waals surface area contributed by atoms with Crippen molar-refractivity contribution in [3.63, 3.8) is 0 Å². The molecule has 28 heavy (non-hydrogen) atoms. The van der Waals surface area contributed by atoms with Crippen LogP contribution in [0.1, 0.15) is 16.7 Å². The highest BCUT2D eigenvalue weighted by Gasteiger charge is 2.19. The smallest absolute Gasteiger partial charge is 0.203 e. The van der Waals surface area contributed by atoms with Crippen molar-refractivity contribution in [2.45, 2.75) is 13.5 Å². The number of quaternary nitrogens is 1. The molecule has 2 aromatic rings. The third-order valence-electron chi connectivity index (χ3n) is 5.08. The number of benzene rings is 2. The summed E-state index contributed by atoms with van der Waals surface area (Å²) in [6.45, 7) is 7.26. The molecule has 1 heterocycles. The van der Waals surface area contributed by atoms with Gasteiger partial charge < -0.3 is 19.1 Å². The van der Waals surface area contributed by atoms with Gasteiger partial charge in [0.05, 0.1) is 53.7 Å². The Morgan fingerprint density at radius 2 is 1.57 bits per heavy atom. The molecule has 1 aliphatic rings. The molecule has 0 spiro atoms. The maximum atomic E-state index is 5.41. The topological polar surface area (TPSA) is 47.7 Å². The number of nitrogens with one attached hydrogen (secondary N) is 1. The first-order chi connectivity index (χ1) is 13.6. The van der Waals surface area contributed by atoms with Gasteiger partial charge in [-0.1, -0.05) is 29.8 Å². The SMILES string of the molecule is COc1cc(C=NN2CC[NH+](Cc3ccc(C)cc3)CC2)cc(OC)c1OC. The number of nitrogens with zero attached hydrogens (tertiary/aromatic N) is 2. The predicted octanol–water partition coefficient (Wildman–Crippen LogP) is 1.76. The van der Waals surface area contributed by atoms with Crippen molar-refractivity contribution in [2.75, 3.05) is 47.5 Å². The van der Waals surface area contributed by atoms with Gasteiger partial charge >= 0.3 is 0 Å². The molecule has 1 aliphatic heterocycles. The molecule has 0 radical (unpaired) electrons. The fourth-order valence-electron chi connectivity index (χ4n) is 3.42. The monoisotopic (exact) mass is 384 g/mol. The van der Waals surface area contributed by atoms with E-state index in [4.69, 9.17) is 14.2 Å². The Morgan fingerprint density at radius 3 is 2.11 bits per heavy atom. The summed E-state index contributed by atoms with van der Waals surface area (Å²) < 4.78 is 16.2. The molecule has 150 valence electrons. The molecule has 0 aromatic heterocycles. The number of hydrazone groups is 1. The van der Waals surface area contributed by atoms with Crippen molar-refractivity contribution in [2.24, 2.45) is 5.10 Å². The molecule has 2 aromatic carbocycles. The first-order valence-electron chi connectivity index (χ1n) is 9.61. The average molecular weight is 385 g/mol. The first kappa shape index (κ1) is 20.0. The fourth-order valence-corrected chi connectivity index (χ4v) is 3.42. The number of aryl methyl sites for hydroxylation is 1.